The van der Waals surface area contributed by atoms with Crippen molar-refractivity contribution in [1.29, 1.82) is 0 Å². The summed E-state index contributed by atoms with van der Waals surface area (Å²) in [7, 11) is 1.95. The van der Waals surface area contributed by atoms with E-state index in [9.17, 15) is 0 Å². The third-order valence-corrected chi connectivity index (χ3v) is 4.50. The number of nitrogens with one attached hydrogen (secondary N) is 2. The molecule has 0 aromatic carbocycles. The van der Waals surface area contributed by atoms with Crippen LogP contribution in [-0.4, -0.2) is 52.9 Å². The molecule has 0 radical (unpaired) electrons. The average Bonchev–Trinajstić information content (AvgIpc) is 2.95. The Balaban J connectivity index is 1.85. The van der Waals surface area contributed by atoms with Crippen LogP contribution in [0.15, 0.2) is 17.3 Å². The minimum Gasteiger partial charge on any atom is -0.357 e. The van der Waals surface area contributed by atoms with Crippen LogP contribution in [0.25, 0.3) is 0 Å². The number of guanidine groups is 1. The van der Waals surface area contributed by atoms with Gasteiger partial charge in [-0.15, -0.1) is 0 Å². The highest BCUT2D eigenvalue weighted by Gasteiger charge is 2.21. The fourth-order valence-corrected chi connectivity index (χ4v) is 3.03. The fourth-order valence-electron chi connectivity index (χ4n) is 3.03. The van der Waals surface area contributed by atoms with E-state index >= 15 is 0 Å². The van der Waals surface area contributed by atoms with Gasteiger partial charge in [-0.25, -0.2) is 4.99 Å². The zero-order valence-corrected chi connectivity index (χ0v) is 15.0. The standard InChI is InChI=1S/C17H32N6/c1-5-18-17(20-12-16-8-9-21-22(16)4)19-11-15-7-6-10-23(13-15)14(2)3/h8-9,14-15H,5-7,10-13H2,1-4H3,(H2,18,19,20). The van der Waals surface area contributed by atoms with Crippen LogP contribution in [0, 0.1) is 5.92 Å². The molecule has 6 nitrogen and oxygen atoms in total. The van der Waals surface area contributed by atoms with Crippen LogP contribution in [0.5, 0.6) is 0 Å². The van der Waals surface area contributed by atoms with Gasteiger partial charge in [-0.1, -0.05) is 0 Å². The molecule has 1 aliphatic heterocycles. The molecule has 1 unspecified atom stereocenters. The van der Waals surface area contributed by atoms with Crippen LogP contribution < -0.4 is 10.6 Å². The number of aromatic nitrogens is 2. The van der Waals surface area contributed by atoms with E-state index in [4.69, 9.17) is 0 Å². The van der Waals surface area contributed by atoms with Crippen LogP contribution in [0.2, 0.25) is 0 Å². The Labute approximate surface area is 140 Å². The van der Waals surface area contributed by atoms with Crippen molar-refractivity contribution < 1.29 is 0 Å². The average molecular weight is 320 g/mol. The van der Waals surface area contributed by atoms with Gasteiger partial charge in [0.2, 0.25) is 0 Å². The second-order valence-electron chi connectivity index (χ2n) is 6.62. The molecule has 1 aromatic rings. The van der Waals surface area contributed by atoms with E-state index in [1.165, 1.54) is 25.9 Å². The van der Waals surface area contributed by atoms with Gasteiger partial charge in [0, 0.05) is 38.9 Å². The first kappa shape index (κ1) is 17.8. The summed E-state index contributed by atoms with van der Waals surface area (Å²) in [4.78, 5) is 7.25. The number of aliphatic imine (C=N–C) groups is 1. The van der Waals surface area contributed by atoms with E-state index < -0.39 is 0 Å². The Morgan fingerprint density at radius 3 is 2.91 bits per heavy atom. The molecule has 1 saturated heterocycles. The highest BCUT2D eigenvalue weighted by molar-refractivity contribution is 5.79. The lowest BCUT2D eigenvalue weighted by atomic mass is 9.97. The van der Waals surface area contributed by atoms with Crippen molar-refractivity contribution in [1.82, 2.24) is 25.3 Å². The minimum atomic E-state index is 0.643. The van der Waals surface area contributed by atoms with Crippen LogP contribution in [0.1, 0.15) is 39.3 Å². The first-order valence-electron chi connectivity index (χ1n) is 8.83. The second-order valence-corrected chi connectivity index (χ2v) is 6.62. The number of nitrogens with zero attached hydrogens (tertiary/aromatic N) is 4. The summed E-state index contributed by atoms with van der Waals surface area (Å²) in [5.41, 5.74) is 1.12. The molecule has 1 fully saturated rings. The zero-order valence-electron chi connectivity index (χ0n) is 15.0. The Hall–Kier alpha value is -1.56. The van der Waals surface area contributed by atoms with E-state index in [-0.39, 0.29) is 0 Å². The van der Waals surface area contributed by atoms with E-state index in [2.05, 4.69) is 46.4 Å². The van der Waals surface area contributed by atoms with Crippen molar-refractivity contribution in [3.05, 3.63) is 18.0 Å². The van der Waals surface area contributed by atoms with Gasteiger partial charge in [0.25, 0.3) is 0 Å². The number of piperidine rings is 1. The smallest absolute Gasteiger partial charge is 0.191 e. The van der Waals surface area contributed by atoms with Gasteiger partial charge >= 0.3 is 0 Å². The number of hydrogen-bond acceptors (Lipinski definition) is 3. The maximum absolute atomic E-state index is 4.68. The number of hydrogen-bond donors (Lipinski definition) is 2. The summed E-state index contributed by atoms with van der Waals surface area (Å²) >= 11 is 0. The molecule has 0 aliphatic carbocycles. The maximum Gasteiger partial charge on any atom is 0.191 e. The fraction of sp³-hybridized carbons (Fsp3) is 0.765. The molecule has 0 saturated carbocycles. The summed E-state index contributed by atoms with van der Waals surface area (Å²) in [6.45, 7) is 11.6. The zero-order chi connectivity index (χ0) is 16.7. The lowest BCUT2D eigenvalue weighted by Crippen LogP contribution is -2.46. The largest absolute Gasteiger partial charge is 0.357 e. The molecule has 1 atom stereocenters. The summed E-state index contributed by atoms with van der Waals surface area (Å²) < 4.78 is 1.87. The molecule has 23 heavy (non-hydrogen) atoms. The number of aryl methyl sites for hydroxylation is 1. The van der Waals surface area contributed by atoms with Crippen molar-refractivity contribution in [3.63, 3.8) is 0 Å². The first-order chi connectivity index (χ1) is 11.1. The Morgan fingerprint density at radius 2 is 2.26 bits per heavy atom. The molecule has 2 rings (SSSR count). The van der Waals surface area contributed by atoms with Crippen LogP contribution in [0.3, 0.4) is 0 Å². The van der Waals surface area contributed by atoms with Crippen LogP contribution in [0.4, 0.5) is 0 Å². The predicted molar refractivity (Wildman–Crippen MR) is 95.5 cm³/mol. The third kappa shape index (κ3) is 5.53. The van der Waals surface area contributed by atoms with Gasteiger partial charge in [0.05, 0.1) is 12.2 Å². The molecule has 0 spiro atoms. The Morgan fingerprint density at radius 1 is 1.43 bits per heavy atom. The van der Waals surface area contributed by atoms with Crippen molar-refractivity contribution in [2.75, 3.05) is 26.2 Å². The normalized spacial score (nSPS) is 20.0. The molecule has 130 valence electrons. The van der Waals surface area contributed by atoms with Crippen LogP contribution >= 0.6 is 0 Å². The highest BCUT2D eigenvalue weighted by Crippen LogP contribution is 2.17. The minimum absolute atomic E-state index is 0.643. The van der Waals surface area contributed by atoms with E-state index in [0.29, 0.717) is 18.5 Å². The van der Waals surface area contributed by atoms with Crippen molar-refractivity contribution >= 4 is 5.96 Å². The van der Waals surface area contributed by atoms with Crippen LogP contribution in [-0.2, 0) is 13.6 Å². The van der Waals surface area contributed by atoms with Crippen molar-refractivity contribution in [3.8, 4) is 0 Å². The lowest BCUT2D eigenvalue weighted by molar-refractivity contribution is 0.141. The molecule has 0 bridgehead atoms. The van der Waals surface area contributed by atoms with E-state index in [0.717, 1.165) is 24.7 Å². The summed E-state index contributed by atoms with van der Waals surface area (Å²) in [5.74, 6) is 1.60. The molecule has 0 amide bonds. The second kappa shape index (κ2) is 8.91. The molecule has 6 heteroatoms. The Bertz CT molecular complexity index is 493. The maximum atomic E-state index is 4.68. The molecule has 2 heterocycles. The first-order valence-corrected chi connectivity index (χ1v) is 8.83. The van der Waals surface area contributed by atoms with Gasteiger partial charge in [0.15, 0.2) is 5.96 Å². The SMILES string of the molecule is CCNC(=NCc1ccnn1C)NCC1CCCN(C(C)C)C1. The van der Waals surface area contributed by atoms with E-state index in [1.54, 1.807) is 0 Å². The monoisotopic (exact) mass is 320 g/mol. The summed E-state index contributed by atoms with van der Waals surface area (Å²) in [6.07, 6.45) is 4.41. The molecular formula is C17H32N6. The third-order valence-electron chi connectivity index (χ3n) is 4.50. The van der Waals surface area contributed by atoms with Gasteiger partial charge in [-0.3, -0.25) is 4.68 Å². The van der Waals surface area contributed by atoms with Gasteiger partial charge < -0.3 is 15.5 Å². The van der Waals surface area contributed by atoms with Crippen molar-refractivity contribution in [2.45, 2.75) is 46.2 Å². The number of likely N-dealkylation sites (tertiary alicyclic amines) is 1. The van der Waals surface area contributed by atoms with E-state index in [1.807, 2.05) is 24.0 Å². The topological polar surface area (TPSA) is 57.5 Å². The molecular weight excluding hydrogens is 288 g/mol. The summed E-state index contributed by atoms with van der Waals surface area (Å²) in [6, 6.07) is 2.65. The number of rotatable bonds is 6. The van der Waals surface area contributed by atoms with Gasteiger partial charge in [-0.05, 0) is 52.1 Å². The predicted octanol–water partition coefficient (Wildman–Crippen LogP) is 1.60. The van der Waals surface area contributed by atoms with Gasteiger partial charge in [-0.2, -0.15) is 5.10 Å². The highest BCUT2D eigenvalue weighted by atomic mass is 15.3. The van der Waals surface area contributed by atoms with Gasteiger partial charge in [0.1, 0.15) is 0 Å². The Kier molecular flexibility index (Phi) is 6.89. The molecule has 1 aliphatic rings. The summed E-state index contributed by atoms with van der Waals surface area (Å²) in [5, 5.41) is 11.0. The quantitative estimate of drug-likeness (QED) is 0.617. The molecule has 1 aromatic heterocycles. The lowest BCUT2D eigenvalue weighted by Gasteiger charge is -2.35. The van der Waals surface area contributed by atoms with Crippen molar-refractivity contribution in [2.24, 2.45) is 18.0 Å². The molecule has 2 N–H and O–H groups in total.